The molecule has 2 rings (SSSR count). The van der Waals surface area contributed by atoms with Crippen molar-refractivity contribution >= 4 is 5.97 Å². The zero-order valence-corrected chi connectivity index (χ0v) is 11.5. The highest BCUT2D eigenvalue weighted by Crippen LogP contribution is 2.21. The molecule has 0 radical (unpaired) electrons. The van der Waals surface area contributed by atoms with Crippen LogP contribution in [-0.4, -0.2) is 28.6 Å². The Morgan fingerprint density at radius 2 is 1.71 bits per heavy atom. The predicted molar refractivity (Wildman–Crippen MR) is 76.1 cm³/mol. The minimum absolute atomic E-state index is 0.0528. The number of esters is 1. The Morgan fingerprint density at radius 3 is 2.29 bits per heavy atom. The van der Waals surface area contributed by atoms with E-state index in [0.29, 0.717) is 5.75 Å². The lowest BCUT2D eigenvalue weighted by Gasteiger charge is -2.28. The summed E-state index contributed by atoms with van der Waals surface area (Å²) >= 11 is 0. The molecular formula is C16H16O5. The van der Waals surface area contributed by atoms with Gasteiger partial charge in [0.05, 0.1) is 5.56 Å². The molecule has 2 aromatic rings. The number of hydrogen-bond donors (Lipinski definition) is 2. The molecule has 0 aliphatic carbocycles. The zero-order chi connectivity index (χ0) is 15.3. The average molecular weight is 288 g/mol. The summed E-state index contributed by atoms with van der Waals surface area (Å²) in [6.45, 7) is 0.976. The number of aliphatic hydroxyl groups is 1. The van der Waals surface area contributed by atoms with Crippen molar-refractivity contribution in [1.82, 2.24) is 0 Å². The summed E-state index contributed by atoms with van der Waals surface area (Å²) in [4.78, 5) is 12.0. The van der Waals surface area contributed by atoms with Gasteiger partial charge in [0.1, 0.15) is 18.1 Å². The van der Waals surface area contributed by atoms with Gasteiger partial charge in [-0.1, -0.05) is 18.2 Å². The van der Waals surface area contributed by atoms with Gasteiger partial charge < -0.3 is 19.7 Å². The Labute approximate surface area is 122 Å². The number of hydrogen-bond acceptors (Lipinski definition) is 5. The zero-order valence-electron chi connectivity index (χ0n) is 11.5. The molecule has 2 N–H and O–H groups in total. The second-order valence-electron chi connectivity index (χ2n) is 4.64. The van der Waals surface area contributed by atoms with Crippen molar-refractivity contribution in [3.05, 3.63) is 60.2 Å². The van der Waals surface area contributed by atoms with Crippen LogP contribution in [0.4, 0.5) is 0 Å². The number of benzene rings is 2. The molecule has 2 aromatic carbocycles. The van der Waals surface area contributed by atoms with E-state index < -0.39 is 18.4 Å². The Morgan fingerprint density at radius 1 is 1.10 bits per heavy atom. The van der Waals surface area contributed by atoms with Gasteiger partial charge in [0, 0.05) is 6.92 Å². The summed E-state index contributed by atoms with van der Waals surface area (Å²) in [5, 5.41) is 18.6. The van der Waals surface area contributed by atoms with Gasteiger partial charge in [-0.15, -0.1) is 0 Å². The van der Waals surface area contributed by atoms with Crippen molar-refractivity contribution in [2.24, 2.45) is 0 Å². The number of phenolic OH excluding ortho intramolecular Hbond substituents is 1. The number of rotatable bonds is 5. The van der Waals surface area contributed by atoms with Gasteiger partial charge >= 0.3 is 5.97 Å². The number of ether oxygens (including phenoxy) is 2. The smallest absolute Gasteiger partial charge is 0.341 e. The minimum atomic E-state index is -1.49. The molecule has 0 saturated heterocycles. The number of carbonyl (C=O) groups excluding carboxylic acids is 1. The van der Waals surface area contributed by atoms with Crippen molar-refractivity contribution in [3.63, 3.8) is 0 Å². The van der Waals surface area contributed by atoms with Crippen LogP contribution in [0, 0.1) is 0 Å². The van der Waals surface area contributed by atoms with Crippen LogP contribution in [0.25, 0.3) is 0 Å². The van der Waals surface area contributed by atoms with Gasteiger partial charge in [-0.05, 0) is 36.4 Å². The molecule has 0 bridgehead atoms. The maximum atomic E-state index is 12.0. The minimum Gasteiger partial charge on any atom is -0.508 e. The number of para-hydroxylation sites is 1. The lowest BCUT2D eigenvalue weighted by Crippen LogP contribution is -2.41. The van der Waals surface area contributed by atoms with E-state index in [2.05, 4.69) is 0 Å². The molecule has 1 unspecified atom stereocenters. The molecule has 0 fully saturated rings. The van der Waals surface area contributed by atoms with E-state index in [9.17, 15) is 15.0 Å². The van der Waals surface area contributed by atoms with Crippen LogP contribution in [0.2, 0.25) is 0 Å². The molecule has 5 nitrogen and oxygen atoms in total. The van der Waals surface area contributed by atoms with Gasteiger partial charge in [0.2, 0.25) is 0 Å². The summed E-state index contributed by atoms with van der Waals surface area (Å²) < 4.78 is 10.7. The monoisotopic (exact) mass is 288 g/mol. The first-order valence-corrected chi connectivity index (χ1v) is 6.40. The van der Waals surface area contributed by atoms with Crippen molar-refractivity contribution in [2.45, 2.75) is 12.7 Å². The third-order valence-electron chi connectivity index (χ3n) is 2.78. The Bertz CT molecular complexity index is 594. The highest BCUT2D eigenvalue weighted by Gasteiger charge is 2.31. The molecule has 0 aliphatic rings. The van der Waals surface area contributed by atoms with E-state index in [1.165, 1.54) is 31.2 Å². The van der Waals surface area contributed by atoms with Crippen LogP contribution in [-0.2, 0) is 4.74 Å². The molecular weight excluding hydrogens is 272 g/mol. The van der Waals surface area contributed by atoms with Gasteiger partial charge in [-0.3, -0.25) is 0 Å². The Kier molecular flexibility index (Phi) is 4.45. The normalized spacial score (nSPS) is 13.2. The summed E-state index contributed by atoms with van der Waals surface area (Å²) in [6, 6.07) is 14.4. The second kappa shape index (κ2) is 6.28. The molecule has 0 aliphatic heterocycles. The third-order valence-corrected chi connectivity index (χ3v) is 2.78. The Hall–Kier alpha value is -2.53. The van der Waals surface area contributed by atoms with Crippen LogP contribution < -0.4 is 4.74 Å². The third kappa shape index (κ3) is 3.97. The van der Waals surface area contributed by atoms with Crippen LogP contribution in [0.5, 0.6) is 11.5 Å². The number of phenols is 1. The standard InChI is InChI=1S/C16H16O5/c1-16(11-17,20-14-5-3-2-4-6-14)21-15(19)12-7-9-13(18)10-8-12/h2-10,17-18H,11H2,1H3. The SMILES string of the molecule is CC(CO)(OC(=O)c1ccc(O)cc1)Oc1ccccc1. The first kappa shape index (κ1) is 14.9. The molecule has 110 valence electrons. The summed E-state index contributed by atoms with van der Waals surface area (Å²) in [5.41, 5.74) is 0.254. The van der Waals surface area contributed by atoms with Gasteiger partial charge in [-0.25, -0.2) is 4.79 Å². The topological polar surface area (TPSA) is 76.0 Å². The second-order valence-corrected chi connectivity index (χ2v) is 4.64. The van der Waals surface area contributed by atoms with Gasteiger partial charge in [-0.2, -0.15) is 0 Å². The molecule has 0 spiro atoms. The number of aliphatic hydroxyl groups excluding tert-OH is 1. The number of aromatic hydroxyl groups is 1. The maximum absolute atomic E-state index is 12.0. The van der Waals surface area contributed by atoms with Gasteiger partial charge in [0.25, 0.3) is 5.79 Å². The van der Waals surface area contributed by atoms with Gasteiger partial charge in [0.15, 0.2) is 0 Å². The van der Waals surface area contributed by atoms with Crippen molar-refractivity contribution in [2.75, 3.05) is 6.61 Å². The first-order valence-electron chi connectivity index (χ1n) is 6.40. The van der Waals surface area contributed by atoms with E-state index in [0.717, 1.165) is 0 Å². The highest BCUT2D eigenvalue weighted by atomic mass is 16.7. The molecule has 0 amide bonds. The van der Waals surface area contributed by atoms with Crippen LogP contribution in [0.1, 0.15) is 17.3 Å². The molecule has 0 heterocycles. The lowest BCUT2D eigenvalue weighted by molar-refractivity contribution is -0.156. The lowest BCUT2D eigenvalue weighted by atomic mass is 10.2. The van der Waals surface area contributed by atoms with Crippen LogP contribution in [0.3, 0.4) is 0 Å². The summed E-state index contributed by atoms with van der Waals surface area (Å²) in [7, 11) is 0. The fraction of sp³-hybridized carbons (Fsp3) is 0.188. The quantitative estimate of drug-likeness (QED) is 0.652. The summed E-state index contributed by atoms with van der Waals surface area (Å²) in [5.74, 6) is -1.61. The number of carbonyl (C=O) groups is 1. The average Bonchev–Trinajstić information content (AvgIpc) is 2.48. The molecule has 21 heavy (non-hydrogen) atoms. The fourth-order valence-electron chi connectivity index (χ4n) is 1.68. The largest absolute Gasteiger partial charge is 0.508 e. The molecule has 0 aromatic heterocycles. The first-order chi connectivity index (χ1) is 10.0. The van der Waals surface area contributed by atoms with Crippen molar-refractivity contribution < 1.29 is 24.5 Å². The van der Waals surface area contributed by atoms with Crippen molar-refractivity contribution in [3.8, 4) is 11.5 Å². The van der Waals surface area contributed by atoms with E-state index >= 15 is 0 Å². The molecule has 0 saturated carbocycles. The molecule has 1 atom stereocenters. The Balaban J connectivity index is 2.10. The van der Waals surface area contributed by atoms with Crippen LogP contribution in [0.15, 0.2) is 54.6 Å². The molecule has 5 heteroatoms. The fourth-order valence-corrected chi connectivity index (χ4v) is 1.68. The highest BCUT2D eigenvalue weighted by molar-refractivity contribution is 5.89. The van der Waals surface area contributed by atoms with Crippen molar-refractivity contribution in [1.29, 1.82) is 0 Å². The summed E-state index contributed by atoms with van der Waals surface area (Å²) in [6.07, 6.45) is 0. The maximum Gasteiger partial charge on any atom is 0.341 e. The van der Waals surface area contributed by atoms with E-state index in [-0.39, 0.29) is 11.3 Å². The predicted octanol–water partition coefficient (Wildman–Crippen LogP) is 2.34. The van der Waals surface area contributed by atoms with E-state index in [4.69, 9.17) is 9.47 Å². The van der Waals surface area contributed by atoms with E-state index in [1.54, 1.807) is 24.3 Å². The van der Waals surface area contributed by atoms with Crippen LogP contribution >= 0.6 is 0 Å². The van der Waals surface area contributed by atoms with E-state index in [1.807, 2.05) is 6.07 Å².